The van der Waals surface area contributed by atoms with Crippen molar-refractivity contribution in [1.82, 2.24) is 108 Å². The average molecular weight is 1890 g/mol. The van der Waals surface area contributed by atoms with Gasteiger partial charge in [-0.25, -0.2) is 4.39 Å². The number of rotatable bonds is 24. The summed E-state index contributed by atoms with van der Waals surface area (Å²) in [5, 5.41) is 70.2. The average Bonchev–Trinajstić information content (AvgIpc) is 0.865. The number of H-pyrrole nitrogens is 7. The van der Waals surface area contributed by atoms with E-state index < -0.39 is 0 Å². The van der Waals surface area contributed by atoms with E-state index in [4.69, 9.17) is 100 Å². The summed E-state index contributed by atoms with van der Waals surface area (Å²) in [5.74, 6) is 11.8. The molecule has 0 aliphatic heterocycles. The Morgan fingerprint density at radius 1 is 0.319 bits per heavy atom. The summed E-state index contributed by atoms with van der Waals surface area (Å²) in [7, 11) is 0. The van der Waals surface area contributed by atoms with Gasteiger partial charge in [0.15, 0.2) is 0 Å². The smallest absolute Gasteiger partial charge is 0.373 e. The van der Waals surface area contributed by atoms with Crippen molar-refractivity contribution in [2.75, 3.05) is 0 Å². The van der Waals surface area contributed by atoms with Gasteiger partial charge < -0.3 is 33.2 Å². The molecule has 0 amide bonds. The first-order valence-electron chi connectivity index (χ1n) is 42.3. The van der Waals surface area contributed by atoms with E-state index in [1.54, 1.807) is 37.8 Å². The standard InChI is InChI=1S/C15H12FN3O.C14H17N3O.C13H15N3O.2C13H17N3O.C11H13N3O.C9H9N3O.7CO2/c1-10-8-12(4-7-14(10)16)11-2-5-13(6-3-11)20-15-9-17-19-18-15;1-2-5-11(6-3-1)12-7-4-8-13(9-12)18-14-10-15-17-16-14;1-2-5-10(4-1)11-6-3-7-12(8-11)17-13-9-14-16-15-13;1-3-4-10(2)11-5-7-12(8-6-11)17-13-9-14-16-15-13;1-3-10(4-2)11-5-7-12(8-6-11)17-13-9-14-16-15-13;1-8(2)9-3-5-10(6-4-9)15-11-7-12-14-13-11;1-7-3-2-4-8(5-7)13-9-6-10-12-11-9;7*2-1-3/h2-9H,1H3,(H,17,18,19);4,7-11H,1-3,5-6H2,(H,15,16,17);3,6-10H,1-2,4-5H2,(H,14,15,16);2*5-10H,3-4H2,1-2H3,(H,14,15,16);3-8H,1-2H3,(H,12,13,14);2-6H,1H3,(H,10,11,12);;;;;;;. The van der Waals surface area contributed by atoms with Crippen LogP contribution in [0.3, 0.4) is 0 Å². The number of aromatic amines is 7. The fourth-order valence-corrected chi connectivity index (χ4v) is 13.1. The van der Waals surface area contributed by atoms with E-state index in [0.29, 0.717) is 82.1 Å². The monoisotopic (exact) mass is 1890 g/mol. The van der Waals surface area contributed by atoms with Crippen LogP contribution >= 0.6 is 0 Å². The van der Waals surface area contributed by atoms with Gasteiger partial charge in [-0.05, 0) is 236 Å². The molecule has 0 saturated heterocycles. The lowest BCUT2D eigenvalue weighted by Crippen LogP contribution is -2.04. The molecule has 2 fully saturated rings. The van der Waals surface area contributed by atoms with Crippen LogP contribution in [0.5, 0.6) is 81.4 Å². The second-order valence-electron chi connectivity index (χ2n) is 28.8. The van der Waals surface area contributed by atoms with Gasteiger partial charge in [0.25, 0.3) is 41.2 Å². The summed E-state index contributed by atoms with van der Waals surface area (Å²) in [5.41, 5.74) is 10.5. The van der Waals surface area contributed by atoms with Gasteiger partial charge in [0, 0.05) is 0 Å². The van der Waals surface area contributed by atoms with Gasteiger partial charge in [0.05, 0.1) is 0 Å². The zero-order chi connectivity index (χ0) is 101. The van der Waals surface area contributed by atoms with E-state index in [2.05, 4.69) is 216 Å². The molecule has 718 valence electrons. The Labute approximate surface area is 789 Å². The summed E-state index contributed by atoms with van der Waals surface area (Å²) >= 11 is 0. The second-order valence-corrected chi connectivity index (χ2v) is 28.8. The number of nitrogens with one attached hydrogen (secondary N) is 7. The molecular formula is C95H100FN21O21. The molecule has 7 aromatic heterocycles. The van der Waals surface area contributed by atoms with Crippen LogP contribution in [0.25, 0.3) is 11.1 Å². The summed E-state index contributed by atoms with van der Waals surface area (Å²) in [6, 6.07) is 61.3. The van der Waals surface area contributed by atoms with Crippen molar-refractivity contribution in [3.05, 3.63) is 276 Å². The molecule has 0 spiro atoms. The van der Waals surface area contributed by atoms with Crippen molar-refractivity contribution in [2.45, 2.75) is 168 Å². The fourth-order valence-electron chi connectivity index (χ4n) is 13.1. The van der Waals surface area contributed by atoms with Crippen LogP contribution in [0.2, 0.25) is 0 Å². The number of aromatic nitrogens is 21. The Morgan fingerprint density at radius 2 is 0.594 bits per heavy atom. The number of halogens is 1. The number of hydrogen-bond acceptors (Lipinski definition) is 35. The van der Waals surface area contributed by atoms with Crippen LogP contribution in [-0.4, -0.2) is 151 Å². The first-order chi connectivity index (χ1) is 67.2. The van der Waals surface area contributed by atoms with Gasteiger partial charge in [-0.2, -0.15) is 139 Å². The maximum absolute atomic E-state index is 13.3. The molecule has 7 heterocycles. The molecule has 1 unspecified atom stereocenters. The van der Waals surface area contributed by atoms with Gasteiger partial charge in [-0.3, -0.25) is 0 Å². The van der Waals surface area contributed by atoms with Gasteiger partial charge in [-0.15, -0.1) is 35.7 Å². The molecule has 0 radical (unpaired) electrons. The third-order valence-corrected chi connectivity index (χ3v) is 19.3. The molecule has 43 heteroatoms. The van der Waals surface area contributed by atoms with Crippen molar-refractivity contribution in [1.29, 1.82) is 0 Å². The van der Waals surface area contributed by atoms with Crippen molar-refractivity contribution in [3.63, 3.8) is 0 Å². The van der Waals surface area contributed by atoms with Crippen molar-refractivity contribution in [2.24, 2.45) is 0 Å². The zero-order valence-electron chi connectivity index (χ0n) is 76.2. The number of benzene rings is 8. The molecule has 15 aromatic rings. The molecule has 8 aromatic carbocycles. The highest BCUT2D eigenvalue weighted by molar-refractivity contribution is 5.65. The highest BCUT2D eigenvalue weighted by atomic mass is 19.1. The number of carbonyl (C=O) groups excluding carboxylic acids is 14. The van der Waals surface area contributed by atoms with Crippen molar-refractivity contribution in [3.8, 4) is 92.5 Å². The van der Waals surface area contributed by atoms with E-state index in [1.807, 2.05) is 116 Å². The summed E-state index contributed by atoms with van der Waals surface area (Å²) in [6.45, 7) is 17.0. The molecule has 2 aliphatic rings. The molecule has 2 aliphatic carbocycles. The van der Waals surface area contributed by atoms with Crippen LogP contribution < -0.4 is 33.2 Å². The Morgan fingerprint density at radius 3 is 0.877 bits per heavy atom. The van der Waals surface area contributed by atoms with Gasteiger partial charge in [-0.1, -0.05) is 171 Å². The number of aryl methyl sites for hydroxylation is 2. The Kier molecular flexibility index (Phi) is 56.1. The van der Waals surface area contributed by atoms with E-state index in [9.17, 15) is 4.39 Å². The van der Waals surface area contributed by atoms with Crippen molar-refractivity contribution < 1.29 is 105 Å². The first-order valence-corrected chi connectivity index (χ1v) is 42.3. The van der Waals surface area contributed by atoms with E-state index in [-0.39, 0.29) is 48.9 Å². The van der Waals surface area contributed by atoms with Crippen LogP contribution in [0.1, 0.15) is 194 Å². The van der Waals surface area contributed by atoms with Crippen LogP contribution in [0, 0.1) is 19.7 Å². The second kappa shape index (κ2) is 68.9. The molecule has 2 saturated carbocycles. The quantitative estimate of drug-likeness (QED) is 0.0295. The van der Waals surface area contributed by atoms with Crippen LogP contribution in [-0.2, 0) is 67.1 Å². The van der Waals surface area contributed by atoms with E-state index in [1.165, 1.54) is 136 Å². The maximum Gasteiger partial charge on any atom is 0.373 e. The SMILES string of the molecule is CC(C)c1ccc(Oc2cn[nH]n2)cc1.CCC(CC)c1ccc(Oc2cn[nH]n2)cc1.CCCC(C)c1ccc(Oc2cn[nH]n2)cc1.Cc1cc(-c2ccc(Oc3cn[nH]n3)cc2)ccc1F.Cc1cccc(Oc2cn[nH]n2)c1.O=C=O.O=C=O.O=C=O.O=C=O.O=C=O.O=C=O.O=C=O.c1cc(Oc2cn[nH]n2)cc(C2CCCC2)c1.c1cc(Oc2cn[nH]n2)cc(C2CCCCC2)c1. The third-order valence-electron chi connectivity index (χ3n) is 19.3. The minimum atomic E-state index is -0.195. The maximum atomic E-state index is 13.3. The molecule has 0 bridgehead atoms. The molecule has 138 heavy (non-hydrogen) atoms. The molecule has 7 N–H and O–H groups in total. The largest absolute Gasteiger partial charge is 0.436 e. The minimum absolute atomic E-state index is 0.195. The predicted molar refractivity (Wildman–Crippen MR) is 478 cm³/mol. The Hall–Kier alpha value is -18.1. The number of nitrogens with zero attached hydrogens (tertiary/aromatic N) is 14. The number of hydrogen-bond donors (Lipinski definition) is 7. The van der Waals surface area contributed by atoms with E-state index in [0.717, 1.165) is 51.2 Å². The van der Waals surface area contributed by atoms with Gasteiger partial charge >= 0.3 is 43.1 Å². The molecule has 17 rings (SSSR count). The molecule has 42 nitrogen and oxygen atoms in total. The zero-order valence-corrected chi connectivity index (χ0v) is 76.2. The predicted octanol–water partition coefficient (Wildman–Crippen LogP) is 18.2. The lowest BCUT2D eigenvalue weighted by atomic mass is 9.84. The highest BCUT2D eigenvalue weighted by Crippen LogP contribution is 2.38. The normalized spacial score (nSPS) is 11.0. The minimum Gasteiger partial charge on any atom is -0.436 e. The Bertz CT molecular complexity index is 5840. The highest BCUT2D eigenvalue weighted by Gasteiger charge is 2.19. The van der Waals surface area contributed by atoms with E-state index >= 15 is 0 Å². The first kappa shape index (κ1) is 112. The summed E-state index contributed by atoms with van der Waals surface area (Å²) in [4.78, 5) is 114. The van der Waals surface area contributed by atoms with Gasteiger partial charge in [0.2, 0.25) is 0 Å². The summed E-state index contributed by atoms with van der Waals surface area (Å²) < 4.78 is 51.9. The number of ether oxygens (including phenoxy) is 7. The van der Waals surface area contributed by atoms with Crippen molar-refractivity contribution >= 4 is 43.1 Å². The topological polar surface area (TPSA) is 595 Å². The lowest BCUT2D eigenvalue weighted by molar-refractivity contribution is -0.193. The van der Waals surface area contributed by atoms with Crippen LogP contribution in [0.4, 0.5) is 4.39 Å². The summed E-state index contributed by atoms with van der Waals surface area (Å²) in [6.07, 6.45) is 29.3. The fraction of sp³-hybridized carbons (Fsp3) is 0.274. The lowest BCUT2D eigenvalue weighted by Gasteiger charge is -2.22. The van der Waals surface area contributed by atoms with Gasteiger partial charge in [0.1, 0.15) is 89.4 Å². The van der Waals surface area contributed by atoms with Crippen LogP contribution in [0.15, 0.2) is 231 Å². The molecular weight excluding hydrogens is 1790 g/mol. The third kappa shape index (κ3) is 45.7. The molecule has 1 atom stereocenters. The Balaban J connectivity index is 0.000000325.